The minimum atomic E-state index is 0.177. The molecule has 0 aliphatic heterocycles. The zero-order valence-corrected chi connectivity index (χ0v) is 11.3. The van der Waals surface area contributed by atoms with Crippen LogP contribution in [0.4, 0.5) is 0 Å². The molecule has 0 radical (unpaired) electrons. The highest BCUT2D eigenvalue weighted by atomic mass is 32.2. The molecule has 1 nitrogen and oxygen atoms in total. The van der Waals surface area contributed by atoms with Crippen LogP contribution in [0.2, 0.25) is 0 Å². The van der Waals surface area contributed by atoms with E-state index in [2.05, 4.69) is 32.9 Å². The number of thioether (sulfide) groups is 1. The summed E-state index contributed by atoms with van der Waals surface area (Å²) in [5.41, 5.74) is 1.25. The molecule has 0 fully saturated rings. The molecule has 16 heavy (non-hydrogen) atoms. The molecule has 0 aromatic heterocycles. The molecule has 1 atom stereocenters. The van der Waals surface area contributed by atoms with E-state index in [4.69, 9.17) is 0 Å². The maximum absolute atomic E-state index is 11.3. The van der Waals surface area contributed by atoms with Crippen molar-refractivity contribution in [1.29, 1.82) is 0 Å². The van der Waals surface area contributed by atoms with Gasteiger partial charge in [0.2, 0.25) is 0 Å². The van der Waals surface area contributed by atoms with E-state index in [1.165, 1.54) is 5.56 Å². The molecule has 0 spiro atoms. The van der Waals surface area contributed by atoms with Crippen LogP contribution in [-0.2, 0) is 4.79 Å². The van der Waals surface area contributed by atoms with Crippen LogP contribution in [0.1, 0.15) is 44.9 Å². The highest BCUT2D eigenvalue weighted by Crippen LogP contribution is 2.40. The summed E-state index contributed by atoms with van der Waals surface area (Å²) in [7, 11) is 0. The van der Waals surface area contributed by atoms with Crippen LogP contribution < -0.4 is 0 Å². The van der Waals surface area contributed by atoms with Crippen LogP contribution in [-0.4, -0.2) is 10.5 Å². The molecule has 0 bridgehead atoms. The van der Waals surface area contributed by atoms with Crippen LogP contribution in [0.5, 0.6) is 0 Å². The predicted molar refractivity (Wildman–Crippen MR) is 71.8 cm³/mol. The van der Waals surface area contributed by atoms with Gasteiger partial charge in [0.25, 0.3) is 0 Å². The second-order valence-corrected chi connectivity index (χ2v) is 7.07. The number of benzene rings is 1. The number of carbonyl (C=O) groups is 1. The van der Waals surface area contributed by atoms with Gasteiger partial charge >= 0.3 is 0 Å². The molecule has 0 heterocycles. The third kappa shape index (κ3) is 4.84. The summed E-state index contributed by atoms with van der Waals surface area (Å²) in [5, 5.41) is 0.277. The van der Waals surface area contributed by atoms with Crippen molar-refractivity contribution in [1.82, 2.24) is 0 Å². The van der Waals surface area contributed by atoms with Crippen molar-refractivity contribution in [3.05, 3.63) is 35.9 Å². The van der Waals surface area contributed by atoms with Gasteiger partial charge in [-0.15, -0.1) is 11.8 Å². The second kappa shape index (κ2) is 5.53. The zero-order valence-electron chi connectivity index (χ0n) is 10.5. The highest BCUT2D eigenvalue weighted by molar-refractivity contribution is 8.00. The molecule has 0 saturated heterocycles. The van der Waals surface area contributed by atoms with Crippen LogP contribution in [0.3, 0.4) is 0 Å². The first kappa shape index (κ1) is 13.3. The van der Waals surface area contributed by atoms with Gasteiger partial charge in [-0.25, -0.2) is 0 Å². The average molecular weight is 236 g/mol. The van der Waals surface area contributed by atoms with Gasteiger partial charge in [0.05, 0.1) is 0 Å². The average Bonchev–Trinajstić information content (AvgIpc) is 2.15. The van der Waals surface area contributed by atoms with Crippen molar-refractivity contribution in [2.45, 2.75) is 44.1 Å². The topological polar surface area (TPSA) is 17.1 Å². The maximum Gasteiger partial charge on any atom is 0.131 e. The molecular formula is C14H20OS. The minimum Gasteiger partial charge on any atom is -0.300 e. The van der Waals surface area contributed by atoms with Crippen LogP contribution in [0.25, 0.3) is 0 Å². The molecule has 1 aromatic rings. The number of carbonyl (C=O) groups excluding carboxylic acids is 1. The summed E-state index contributed by atoms with van der Waals surface area (Å²) < 4.78 is 0.177. The number of ketones is 1. The lowest BCUT2D eigenvalue weighted by molar-refractivity contribution is -0.117. The van der Waals surface area contributed by atoms with E-state index in [9.17, 15) is 4.79 Å². The summed E-state index contributed by atoms with van der Waals surface area (Å²) in [6.45, 7) is 8.23. The van der Waals surface area contributed by atoms with Crippen LogP contribution in [0, 0.1) is 0 Å². The molecule has 0 aliphatic carbocycles. The van der Waals surface area contributed by atoms with Crippen molar-refractivity contribution in [2.24, 2.45) is 0 Å². The van der Waals surface area contributed by atoms with Crippen molar-refractivity contribution in [2.75, 3.05) is 0 Å². The van der Waals surface area contributed by atoms with Crippen molar-refractivity contribution >= 4 is 17.5 Å². The molecule has 0 aliphatic rings. The SMILES string of the molecule is CC(=O)C[C@H](SC(C)(C)C)c1ccccc1. The third-order valence-electron chi connectivity index (χ3n) is 2.14. The van der Waals surface area contributed by atoms with Crippen LogP contribution in [0.15, 0.2) is 30.3 Å². The first-order valence-electron chi connectivity index (χ1n) is 5.61. The summed E-state index contributed by atoms with van der Waals surface area (Å²) in [4.78, 5) is 11.3. The molecule has 0 amide bonds. The standard InChI is InChI=1S/C14H20OS/c1-11(15)10-13(16-14(2,3)4)12-8-6-5-7-9-12/h5-9,13H,10H2,1-4H3/t13-/m0/s1. The Morgan fingerprint density at radius 3 is 2.25 bits per heavy atom. The Balaban J connectivity index is 2.84. The molecule has 1 aromatic carbocycles. The van der Waals surface area contributed by atoms with E-state index in [1.807, 2.05) is 30.0 Å². The fourth-order valence-corrected chi connectivity index (χ4v) is 3.05. The number of hydrogen-bond acceptors (Lipinski definition) is 2. The van der Waals surface area contributed by atoms with E-state index in [1.54, 1.807) is 6.92 Å². The fraction of sp³-hybridized carbons (Fsp3) is 0.500. The van der Waals surface area contributed by atoms with Crippen LogP contribution >= 0.6 is 11.8 Å². The Bertz CT molecular complexity index is 338. The lowest BCUT2D eigenvalue weighted by atomic mass is 10.1. The van der Waals surface area contributed by atoms with Gasteiger partial charge in [-0.2, -0.15) is 0 Å². The van der Waals surface area contributed by atoms with E-state index in [0.29, 0.717) is 6.42 Å². The van der Waals surface area contributed by atoms with E-state index in [0.717, 1.165) is 0 Å². The van der Waals surface area contributed by atoms with Gasteiger partial charge in [0, 0.05) is 16.4 Å². The van der Waals surface area contributed by atoms with Crippen molar-refractivity contribution in [3.8, 4) is 0 Å². The molecule has 0 N–H and O–H groups in total. The van der Waals surface area contributed by atoms with Gasteiger partial charge in [-0.3, -0.25) is 4.79 Å². The Hall–Kier alpha value is -0.760. The normalized spacial score (nSPS) is 13.5. The molecule has 0 saturated carbocycles. The zero-order chi connectivity index (χ0) is 12.2. The summed E-state index contributed by atoms with van der Waals surface area (Å²) in [5.74, 6) is 0.255. The number of hydrogen-bond donors (Lipinski definition) is 0. The Kier molecular flexibility index (Phi) is 4.60. The van der Waals surface area contributed by atoms with Crippen molar-refractivity contribution < 1.29 is 4.79 Å². The molecule has 1 rings (SSSR count). The first-order valence-corrected chi connectivity index (χ1v) is 6.48. The largest absolute Gasteiger partial charge is 0.300 e. The van der Waals surface area contributed by atoms with Gasteiger partial charge in [0.1, 0.15) is 5.78 Å². The quantitative estimate of drug-likeness (QED) is 0.778. The van der Waals surface area contributed by atoms with Gasteiger partial charge in [0.15, 0.2) is 0 Å². The fourth-order valence-electron chi connectivity index (χ4n) is 1.58. The predicted octanol–water partition coefficient (Wildman–Crippen LogP) is 4.24. The van der Waals surface area contributed by atoms with Gasteiger partial charge in [-0.1, -0.05) is 51.1 Å². The Morgan fingerprint density at radius 2 is 1.81 bits per heavy atom. The Labute approximate surface area is 103 Å². The van der Waals surface area contributed by atoms with E-state index < -0.39 is 0 Å². The minimum absolute atomic E-state index is 0.177. The number of rotatable bonds is 4. The smallest absolute Gasteiger partial charge is 0.131 e. The van der Waals surface area contributed by atoms with E-state index >= 15 is 0 Å². The second-order valence-electron chi connectivity index (χ2n) is 5.04. The number of Topliss-reactive ketones (excluding diaryl/α,β-unsaturated/α-hetero) is 1. The maximum atomic E-state index is 11.3. The summed E-state index contributed by atoms with van der Waals surface area (Å²) in [6, 6.07) is 10.3. The molecule has 88 valence electrons. The summed E-state index contributed by atoms with van der Waals surface area (Å²) in [6.07, 6.45) is 0.617. The lowest BCUT2D eigenvalue weighted by Gasteiger charge is -2.25. The molecule has 2 heteroatoms. The monoisotopic (exact) mass is 236 g/mol. The Morgan fingerprint density at radius 1 is 1.25 bits per heavy atom. The third-order valence-corrected chi connectivity index (χ3v) is 3.57. The first-order chi connectivity index (χ1) is 7.38. The molecular weight excluding hydrogens is 216 g/mol. The molecule has 0 unspecified atom stereocenters. The van der Waals surface area contributed by atoms with Gasteiger partial charge in [-0.05, 0) is 12.5 Å². The van der Waals surface area contributed by atoms with E-state index in [-0.39, 0.29) is 15.8 Å². The van der Waals surface area contributed by atoms with Gasteiger partial charge < -0.3 is 0 Å². The van der Waals surface area contributed by atoms with Crippen molar-refractivity contribution in [3.63, 3.8) is 0 Å². The summed E-state index contributed by atoms with van der Waals surface area (Å²) >= 11 is 1.86. The highest BCUT2D eigenvalue weighted by Gasteiger charge is 2.21. The lowest BCUT2D eigenvalue weighted by Crippen LogP contribution is -2.13.